The smallest absolute Gasteiger partial charge is 0.338 e. The van der Waals surface area contributed by atoms with E-state index in [0.29, 0.717) is 121 Å². The normalized spacial score (nSPS) is 22.2. The summed E-state index contributed by atoms with van der Waals surface area (Å²) in [5, 5.41) is 22.2. The van der Waals surface area contributed by atoms with E-state index >= 15 is 0 Å². The number of methoxy groups -OCH3 is 6. The first-order valence-corrected chi connectivity index (χ1v) is 22.8. The quantitative estimate of drug-likeness (QED) is 0.124. The highest BCUT2D eigenvalue weighted by molar-refractivity contribution is 6.17. The predicted octanol–water partition coefficient (Wildman–Crippen LogP) is 5.55. The molecule has 2 fully saturated rings. The van der Waals surface area contributed by atoms with E-state index in [1.165, 1.54) is 28.4 Å². The van der Waals surface area contributed by atoms with Crippen LogP contribution in [0.1, 0.15) is 97.6 Å². The number of aliphatic hydroxyl groups excluding tert-OH is 2. The Morgan fingerprint density at radius 1 is 0.544 bits per heavy atom. The number of esters is 2. The van der Waals surface area contributed by atoms with E-state index < -0.39 is 36.4 Å². The van der Waals surface area contributed by atoms with Gasteiger partial charge in [-0.2, -0.15) is 9.97 Å². The molecule has 4 heterocycles. The summed E-state index contributed by atoms with van der Waals surface area (Å²) in [6, 6.07) is 14.4. The van der Waals surface area contributed by atoms with Gasteiger partial charge in [-0.3, -0.25) is 9.98 Å². The zero-order valence-electron chi connectivity index (χ0n) is 39.5. The van der Waals surface area contributed by atoms with Crippen LogP contribution in [0.2, 0.25) is 0 Å². The third kappa shape index (κ3) is 9.30. The number of carbonyl (C=O) groups is 2. The molecule has 0 bridgehead atoms. The Labute approximate surface area is 394 Å². The van der Waals surface area contributed by atoms with Crippen molar-refractivity contribution in [3.63, 3.8) is 0 Å². The number of nitrogens with zero attached hydrogens (tertiary/aromatic N) is 4. The molecule has 0 radical (unpaired) electrons. The van der Waals surface area contributed by atoms with E-state index in [0.717, 1.165) is 22.3 Å². The molecule has 2 aromatic carbocycles. The van der Waals surface area contributed by atoms with Crippen molar-refractivity contribution in [2.45, 2.75) is 101 Å². The molecular formula is C50H58N4O14. The molecule has 0 spiro atoms. The minimum Gasteiger partial charge on any atom is -0.493 e. The van der Waals surface area contributed by atoms with Crippen LogP contribution >= 0.6 is 0 Å². The lowest BCUT2D eigenvalue weighted by molar-refractivity contribution is -0.180. The highest BCUT2D eigenvalue weighted by atomic mass is 16.6. The minimum atomic E-state index is -2.19. The highest BCUT2D eigenvalue weighted by Crippen LogP contribution is 2.48. The maximum absolute atomic E-state index is 13.5. The lowest BCUT2D eigenvalue weighted by atomic mass is 9.74. The first kappa shape index (κ1) is 47.8. The molecule has 68 heavy (non-hydrogen) atoms. The van der Waals surface area contributed by atoms with Gasteiger partial charge in [-0.05, 0) is 99.9 Å². The molecule has 2 aromatic heterocycles. The fourth-order valence-corrected chi connectivity index (χ4v) is 9.83. The molecule has 18 nitrogen and oxygen atoms in total. The summed E-state index contributed by atoms with van der Waals surface area (Å²) in [5.41, 5.74) is 5.97. The Balaban J connectivity index is 0.969. The van der Waals surface area contributed by atoms with Crippen molar-refractivity contribution < 1.29 is 67.2 Å². The van der Waals surface area contributed by atoms with Gasteiger partial charge in [0.2, 0.25) is 23.5 Å². The summed E-state index contributed by atoms with van der Waals surface area (Å²) in [6.45, 7) is 4.57. The van der Waals surface area contributed by atoms with Crippen LogP contribution in [0.3, 0.4) is 0 Å². The van der Waals surface area contributed by atoms with Gasteiger partial charge in [0, 0.05) is 35.1 Å². The molecular weight excluding hydrogens is 881 g/mol. The Kier molecular flexibility index (Phi) is 14.5. The van der Waals surface area contributed by atoms with Crippen molar-refractivity contribution in [2.75, 3.05) is 55.9 Å². The molecule has 18 heteroatoms. The van der Waals surface area contributed by atoms with E-state index in [1.807, 2.05) is 50.2 Å². The number of hydrogen-bond donors (Lipinski definition) is 2. The van der Waals surface area contributed by atoms with Gasteiger partial charge >= 0.3 is 11.9 Å². The summed E-state index contributed by atoms with van der Waals surface area (Å²) in [6.07, 6.45) is -3.16. The van der Waals surface area contributed by atoms with Gasteiger partial charge < -0.3 is 57.6 Å². The summed E-state index contributed by atoms with van der Waals surface area (Å²) in [5.74, 6) is 0.852. The van der Waals surface area contributed by atoms with E-state index in [9.17, 15) is 19.8 Å². The molecule has 2 aliphatic carbocycles. The van der Waals surface area contributed by atoms with Crippen molar-refractivity contribution >= 4 is 23.4 Å². The zero-order valence-corrected chi connectivity index (χ0v) is 39.5. The molecule has 0 saturated heterocycles. The summed E-state index contributed by atoms with van der Waals surface area (Å²) in [4.78, 5) is 46.5. The Bertz CT molecular complexity index is 2410. The molecule has 2 unspecified atom stereocenters. The van der Waals surface area contributed by atoms with Crippen LogP contribution in [-0.4, -0.2) is 136 Å². The van der Waals surface area contributed by atoms with E-state index in [2.05, 4.69) is 9.97 Å². The molecule has 4 aromatic rings. The average Bonchev–Trinajstić information content (AvgIpc) is 3.37. The number of rotatable bonds is 17. The second-order valence-corrected chi connectivity index (χ2v) is 16.8. The fraction of sp³-hybridized carbons (Fsp3) is 0.480. The van der Waals surface area contributed by atoms with E-state index in [4.69, 9.17) is 57.4 Å². The number of aliphatic hydroxyl groups is 2. The van der Waals surface area contributed by atoms with Crippen LogP contribution in [0.4, 0.5) is 0 Å². The van der Waals surface area contributed by atoms with Crippen LogP contribution in [0.25, 0.3) is 0 Å². The summed E-state index contributed by atoms with van der Waals surface area (Å²) in [7, 11) is 9.25. The summed E-state index contributed by atoms with van der Waals surface area (Å²) >= 11 is 0. The Hall–Kier alpha value is -6.66. The van der Waals surface area contributed by atoms with Gasteiger partial charge in [-0.15, -0.1) is 0 Å². The number of aromatic nitrogens is 2. The van der Waals surface area contributed by atoms with Crippen LogP contribution in [0.15, 0.2) is 58.5 Å². The highest BCUT2D eigenvalue weighted by Gasteiger charge is 2.44. The Morgan fingerprint density at radius 3 is 1.31 bits per heavy atom. The second kappa shape index (κ2) is 20.7. The fourth-order valence-electron chi connectivity index (χ4n) is 9.83. The van der Waals surface area contributed by atoms with Gasteiger partial charge in [0.15, 0.2) is 35.2 Å². The molecule has 2 N–H and O–H groups in total. The summed E-state index contributed by atoms with van der Waals surface area (Å²) < 4.78 is 57.1. The van der Waals surface area contributed by atoms with Gasteiger partial charge in [0.25, 0.3) is 0 Å². The average molecular weight is 939 g/mol. The predicted molar refractivity (Wildman–Crippen MR) is 247 cm³/mol. The largest absolute Gasteiger partial charge is 0.493 e. The van der Waals surface area contributed by atoms with Crippen LogP contribution in [0, 0.1) is 0 Å². The third-order valence-electron chi connectivity index (χ3n) is 13.0. The van der Waals surface area contributed by atoms with Crippen molar-refractivity contribution in [2.24, 2.45) is 9.98 Å². The molecule has 8 atom stereocenters. The Morgan fingerprint density at radius 2 is 0.956 bits per heavy atom. The van der Waals surface area contributed by atoms with E-state index in [1.54, 1.807) is 26.4 Å². The number of benzene rings is 2. The molecule has 2 aliphatic heterocycles. The van der Waals surface area contributed by atoms with Gasteiger partial charge in [-0.1, -0.05) is 0 Å². The van der Waals surface area contributed by atoms with Crippen LogP contribution in [0.5, 0.6) is 46.5 Å². The lowest BCUT2D eigenvalue weighted by Crippen LogP contribution is -2.45. The molecule has 4 aliphatic rings. The van der Waals surface area contributed by atoms with Gasteiger partial charge in [0.1, 0.15) is 12.2 Å². The minimum absolute atomic E-state index is 0.216. The molecule has 362 valence electrons. The van der Waals surface area contributed by atoms with Gasteiger partial charge in [0.05, 0.1) is 90.5 Å². The van der Waals surface area contributed by atoms with Gasteiger partial charge in [-0.25, -0.2) is 9.59 Å². The maximum atomic E-state index is 13.5. The number of aliphatic imine (C=N–C) groups is 2. The number of hydrogen-bond acceptors (Lipinski definition) is 18. The van der Waals surface area contributed by atoms with E-state index in [-0.39, 0.29) is 23.9 Å². The molecule has 2 saturated carbocycles. The topological polar surface area (TPSA) is 217 Å². The molecule has 8 rings (SSSR count). The van der Waals surface area contributed by atoms with Crippen LogP contribution < -0.4 is 37.9 Å². The standard InChI is InChI=1S/C50H58N4O14/c1-9-65-39-21-29-31-19-25(11-15-35(31)51-43(33(29)23-37(39)59-3)27-13-17-41(61-5)53-47(27)63-7)67-49(57)45(55)46(56)50(58)68-26-12-16-36-32(20-26)30-22-40(66-10-2)38(60-4)24-34(30)44(52-36)28-14-18-42(62-6)54-48(28)64-8/h13-14,17-18,21-26,31-32,35-36,45-46,55-56H,9-12,15-16,19-20H2,1-8H3/t25-,26-,31-,32-,35-,36-,45?,46?/m0/s1. The monoisotopic (exact) mass is 938 g/mol. The van der Waals surface area contributed by atoms with Crippen molar-refractivity contribution in [1.82, 2.24) is 9.97 Å². The number of fused-ring (bicyclic) bond motifs is 6. The first-order chi connectivity index (χ1) is 33.0. The number of ether oxygens (including phenoxy) is 10. The molecule has 0 amide bonds. The SMILES string of the molecule is CCOc1cc2c(cc1OC)C(c1ccc(OC)nc1OC)=N[C@H]1CC[C@H](OC(=O)C(O)C(O)C(=O)O[C@H]3CC[C@@H]4N=C(c5ccc(OC)nc5OC)c5cc(OC)c(OCC)cc5[C@@H]4C3)C[C@@H]21. The number of carbonyl (C=O) groups excluding carboxylic acids is 2. The first-order valence-electron chi connectivity index (χ1n) is 22.8. The van der Waals surface area contributed by atoms with Crippen molar-refractivity contribution in [3.8, 4) is 46.5 Å². The third-order valence-corrected chi connectivity index (χ3v) is 13.0. The zero-order chi connectivity index (χ0) is 48.2. The lowest BCUT2D eigenvalue weighted by Gasteiger charge is -2.39. The second-order valence-electron chi connectivity index (χ2n) is 16.8. The van der Waals surface area contributed by atoms with Crippen LogP contribution in [-0.2, 0) is 19.1 Å². The maximum Gasteiger partial charge on any atom is 0.338 e. The van der Waals surface area contributed by atoms with Crippen molar-refractivity contribution in [1.29, 1.82) is 0 Å². The van der Waals surface area contributed by atoms with Crippen molar-refractivity contribution in [3.05, 3.63) is 81.9 Å². The number of pyridine rings is 2.